The highest BCUT2D eigenvalue weighted by atomic mass is 16.5. The van der Waals surface area contributed by atoms with Gasteiger partial charge in [0.05, 0.1) is 24.9 Å². The van der Waals surface area contributed by atoms with E-state index in [-0.39, 0.29) is 11.6 Å². The first kappa shape index (κ1) is 15.4. The minimum absolute atomic E-state index is 0.150. The first-order valence-electron chi connectivity index (χ1n) is 6.92. The zero-order chi connectivity index (χ0) is 15.4. The summed E-state index contributed by atoms with van der Waals surface area (Å²) >= 11 is 0. The third-order valence-electron chi connectivity index (χ3n) is 3.60. The molecule has 112 valence electrons. The minimum atomic E-state index is -0.348. The third kappa shape index (κ3) is 3.56. The van der Waals surface area contributed by atoms with Gasteiger partial charge in [0.1, 0.15) is 0 Å². The Morgan fingerprint density at radius 1 is 1.24 bits per heavy atom. The summed E-state index contributed by atoms with van der Waals surface area (Å²) in [5, 5.41) is 4.34. The number of rotatable bonds is 5. The number of nitrogens with two attached hydrogens (primary N) is 1. The topological polar surface area (TPSA) is 70.1 Å². The number of nitrogens with zero attached hydrogens (tertiary/aromatic N) is 2. The maximum Gasteiger partial charge on any atom is 0.266 e. The summed E-state index contributed by atoms with van der Waals surface area (Å²) in [4.78, 5) is 11.7. The van der Waals surface area contributed by atoms with Crippen LogP contribution >= 0.6 is 0 Å². The number of aromatic nitrogens is 2. The molecule has 0 amide bonds. The van der Waals surface area contributed by atoms with Crippen molar-refractivity contribution in [1.29, 1.82) is 0 Å². The lowest BCUT2D eigenvalue weighted by Crippen LogP contribution is -2.27. The van der Waals surface area contributed by atoms with Gasteiger partial charge in [0.15, 0.2) is 0 Å². The van der Waals surface area contributed by atoms with Crippen molar-refractivity contribution in [2.75, 3.05) is 13.7 Å². The van der Waals surface area contributed by atoms with Crippen LogP contribution in [-0.4, -0.2) is 23.5 Å². The van der Waals surface area contributed by atoms with Crippen molar-refractivity contribution < 1.29 is 4.74 Å². The molecule has 1 atom stereocenters. The molecule has 0 radical (unpaired) electrons. The van der Waals surface area contributed by atoms with E-state index in [2.05, 4.69) is 25.0 Å². The van der Waals surface area contributed by atoms with Gasteiger partial charge in [0, 0.05) is 13.2 Å². The van der Waals surface area contributed by atoms with Gasteiger partial charge in [-0.2, -0.15) is 5.10 Å². The highest BCUT2D eigenvalue weighted by Gasteiger charge is 2.12. The molecule has 0 aliphatic carbocycles. The van der Waals surface area contributed by atoms with Gasteiger partial charge >= 0.3 is 0 Å². The van der Waals surface area contributed by atoms with Gasteiger partial charge in [-0.15, -0.1) is 0 Å². The lowest BCUT2D eigenvalue weighted by Gasteiger charge is -2.14. The van der Waals surface area contributed by atoms with E-state index in [1.165, 1.54) is 21.9 Å². The number of benzene rings is 1. The Kier molecular flexibility index (Phi) is 4.88. The van der Waals surface area contributed by atoms with E-state index < -0.39 is 0 Å². The van der Waals surface area contributed by atoms with Gasteiger partial charge in [-0.05, 0) is 36.6 Å². The summed E-state index contributed by atoms with van der Waals surface area (Å²) in [5.74, 6) is 0. The van der Waals surface area contributed by atoms with Crippen LogP contribution in [0.15, 0.2) is 35.1 Å². The number of aryl methyl sites for hydroxylation is 2. The Hall–Kier alpha value is -1.98. The molecule has 2 aromatic rings. The molecule has 1 unspecified atom stereocenters. The van der Waals surface area contributed by atoms with Crippen molar-refractivity contribution in [2.24, 2.45) is 5.73 Å². The molecule has 0 aliphatic heterocycles. The van der Waals surface area contributed by atoms with Crippen LogP contribution in [-0.2, 0) is 11.3 Å². The van der Waals surface area contributed by atoms with E-state index in [4.69, 9.17) is 10.5 Å². The molecule has 0 spiro atoms. The average molecular weight is 287 g/mol. The second-order valence-corrected chi connectivity index (χ2v) is 5.13. The zero-order valence-corrected chi connectivity index (χ0v) is 12.7. The van der Waals surface area contributed by atoms with Crippen molar-refractivity contribution in [2.45, 2.75) is 26.4 Å². The van der Waals surface area contributed by atoms with Gasteiger partial charge in [-0.25, -0.2) is 4.68 Å². The van der Waals surface area contributed by atoms with Crippen LogP contribution in [0.3, 0.4) is 0 Å². The smallest absolute Gasteiger partial charge is 0.266 e. The predicted molar refractivity (Wildman–Crippen MR) is 82.3 cm³/mol. The normalized spacial score (nSPS) is 12.4. The second-order valence-electron chi connectivity index (χ2n) is 5.13. The van der Waals surface area contributed by atoms with Crippen LogP contribution in [0.1, 0.15) is 28.4 Å². The van der Waals surface area contributed by atoms with E-state index >= 15 is 0 Å². The quantitative estimate of drug-likeness (QED) is 0.906. The van der Waals surface area contributed by atoms with E-state index in [0.29, 0.717) is 18.8 Å². The van der Waals surface area contributed by atoms with Crippen LogP contribution in [0.5, 0.6) is 0 Å². The van der Waals surface area contributed by atoms with Gasteiger partial charge in [-0.1, -0.05) is 18.2 Å². The van der Waals surface area contributed by atoms with Crippen molar-refractivity contribution in [3.8, 4) is 0 Å². The molecule has 1 aromatic carbocycles. The monoisotopic (exact) mass is 287 g/mol. The fourth-order valence-corrected chi connectivity index (χ4v) is 2.10. The maximum atomic E-state index is 11.7. The molecular formula is C16H21N3O2. The summed E-state index contributed by atoms with van der Waals surface area (Å²) in [5.41, 5.74) is 10.2. The summed E-state index contributed by atoms with van der Waals surface area (Å²) in [7, 11) is 1.59. The van der Waals surface area contributed by atoms with E-state index in [1.807, 2.05) is 12.1 Å². The van der Waals surface area contributed by atoms with E-state index in [1.54, 1.807) is 13.2 Å². The zero-order valence-electron chi connectivity index (χ0n) is 12.7. The summed E-state index contributed by atoms with van der Waals surface area (Å²) in [6.07, 6.45) is 0. The number of hydrogen-bond acceptors (Lipinski definition) is 4. The first-order valence-corrected chi connectivity index (χ1v) is 6.92. The lowest BCUT2D eigenvalue weighted by molar-refractivity contribution is 0.181. The fourth-order valence-electron chi connectivity index (χ4n) is 2.10. The first-order chi connectivity index (χ1) is 10.0. The average Bonchev–Trinajstić information content (AvgIpc) is 2.48. The van der Waals surface area contributed by atoms with Crippen LogP contribution in [0.2, 0.25) is 0 Å². The predicted octanol–water partition coefficient (Wildman–Crippen LogP) is 1.55. The lowest BCUT2D eigenvalue weighted by atomic mass is 9.99. The number of methoxy groups -OCH3 is 1. The molecular weight excluding hydrogens is 266 g/mol. The molecule has 0 fully saturated rings. The summed E-state index contributed by atoms with van der Waals surface area (Å²) in [6.45, 7) is 4.98. The number of ether oxygens (including phenoxy) is 1. The van der Waals surface area contributed by atoms with Gasteiger partial charge in [0.2, 0.25) is 0 Å². The molecule has 5 nitrogen and oxygen atoms in total. The van der Waals surface area contributed by atoms with Crippen molar-refractivity contribution in [1.82, 2.24) is 9.78 Å². The van der Waals surface area contributed by atoms with Crippen molar-refractivity contribution in [3.05, 3.63) is 63.1 Å². The maximum absolute atomic E-state index is 11.7. The Morgan fingerprint density at radius 2 is 2.00 bits per heavy atom. The standard InChI is InChI=1S/C16H21N3O2/c1-11-4-5-13(10-12(11)2)16(17)14-6-7-15(20)19(18-14)8-9-21-3/h4-7,10,16H,8-9,17H2,1-3H3. The Morgan fingerprint density at radius 3 is 2.67 bits per heavy atom. The van der Waals surface area contributed by atoms with Crippen molar-refractivity contribution >= 4 is 0 Å². The Balaban J connectivity index is 2.32. The molecule has 1 heterocycles. The highest BCUT2D eigenvalue weighted by Crippen LogP contribution is 2.19. The largest absolute Gasteiger partial charge is 0.383 e. The third-order valence-corrected chi connectivity index (χ3v) is 3.60. The molecule has 2 N–H and O–H groups in total. The second kappa shape index (κ2) is 6.65. The Labute approximate surface area is 124 Å². The fraction of sp³-hybridized carbons (Fsp3) is 0.375. The van der Waals surface area contributed by atoms with E-state index in [0.717, 1.165) is 5.56 Å². The van der Waals surface area contributed by atoms with Gasteiger partial charge in [0.25, 0.3) is 5.56 Å². The highest BCUT2D eigenvalue weighted by molar-refractivity contribution is 5.34. The van der Waals surface area contributed by atoms with Crippen LogP contribution in [0.25, 0.3) is 0 Å². The molecule has 5 heteroatoms. The summed E-state index contributed by atoms with van der Waals surface area (Å²) < 4.78 is 6.37. The van der Waals surface area contributed by atoms with Crippen molar-refractivity contribution in [3.63, 3.8) is 0 Å². The van der Waals surface area contributed by atoms with Crippen LogP contribution in [0.4, 0.5) is 0 Å². The SMILES string of the molecule is COCCn1nc(C(N)c2ccc(C)c(C)c2)ccc1=O. The molecule has 0 saturated heterocycles. The molecule has 2 rings (SSSR count). The molecule has 0 aliphatic rings. The molecule has 1 aromatic heterocycles. The minimum Gasteiger partial charge on any atom is -0.383 e. The van der Waals surface area contributed by atoms with Crippen LogP contribution < -0.4 is 11.3 Å². The molecule has 0 bridgehead atoms. The molecule has 0 saturated carbocycles. The van der Waals surface area contributed by atoms with Gasteiger partial charge in [-0.3, -0.25) is 4.79 Å². The van der Waals surface area contributed by atoms with E-state index in [9.17, 15) is 4.79 Å². The summed E-state index contributed by atoms with van der Waals surface area (Å²) in [6, 6.07) is 8.94. The number of hydrogen-bond donors (Lipinski definition) is 1. The van der Waals surface area contributed by atoms with Crippen LogP contribution in [0, 0.1) is 13.8 Å². The van der Waals surface area contributed by atoms with Gasteiger partial charge < -0.3 is 10.5 Å². The Bertz CT molecular complexity index is 679. The molecule has 21 heavy (non-hydrogen) atoms.